The van der Waals surface area contributed by atoms with Crippen LogP contribution in [0.25, 0.3) is 0 Å². The molecule has 1 atom stereocenters. The Labute approximate surface area is 108 Å². The van der Waals surface area contributed by atoms with Gasteiger partial charge in [0.05, 0.1) is 12.6 Å². The molecule has 0 aromatic carbocycles. The van der Waals surface area contributed by atoms with E-state index in [2.05, 4.69) is 27.6 Å². The first-order valence-electron chi connectivity index (χ1n) is 6.49. The van der Waals surface area contributed by atoms with E-state index in [1.54, 1.807) is 11.0 Å². The van der Waals surface area contributed by atoms with Crippen LogP contribution in [-0.2, 0) is 18.4 Å². The fourth-order valence-corrected chi connectivity index (χ4v) is 1.54. The molecule has 0 saturated heterocycles. The van der Waals surface area contributed by atoms with Gasteiger partial charge in [0, 0.05) is 13.6 Å². The second-order valence-electron chi connectivity index (χ2n) is 4.44. The lowest BCUT2D eigenvalue weighted by Crippen LogP contribution is -2.42. The van der Waals surface area contributed by atoms with Gasteiger partial charge in [-0.3, -0.25) is 14.8 Å². The largest absolute Gasteiger partial charge is 0.355 e. The third-order valence-electron chi connectivity index (χ3n) is 2.69. The molecule has 0 radical (unpaired) electrons. The van der Waals surface area contributed by atoms with Crippen LogP contribution in [-0.4, -0.2) is 33.3 Å². The number of hydrogen-bond acceptors (Lipinski definition) is 4. The predicted molar refractivity (Wildman–Crippen MR) is 69.8 cm³/mol. The lowest BCUT2D eigenvalue weighted by molar-refractivity contribution is -0.122. The van der Waals surface area contributed by atoms with Gasteiger partial charge in [-0.15, -0.1) is 0 Å². The molecule has 1 rings (SSSR count). The zero-order valence-corrected chi connectivity index (χ0v) is 11.4. The molecule has 0 aliphatic heterocycles. The minimum Gasteiger partial charge on any atom is -0.355 e. The van der Waals surface area contributed by atoms with Gasteiger partial charge >= 0.3 is 0 Å². The first-order chi connectivity index (χ1) is 8.63. The van der Waals surface area contributed by atoms with Crippen molar-refractivity contribution in [3.63, 3.8) is 0 Å². The van der Waals surface area contributed by atoms with Crippen LogP contribution in [0.5, 0.6) is 0 Å². The van der Waals surface area contributed by atoms with Gasteiger partial charge in [0.1, 0.15) is 6.33 Å². The third kappa shape index (κ3) is 5.27. The van der Waals surface area contributed by atoms with Crippen molar-refractivity contribution in [3.8, 4) is 0 Å². The molecule has 0 fully saturated rings. The van der Waals surface area contributed by atoms with Crippen molar-refractivity contribution in [3.05, 3.63) is 12.2 Å². The Morgan fingerprint density at radius 2 is 2.28 bits per heavy atom. The quantitative estimate of drug-likeness (QED) is 0.666. The molecule has 6 heteroatoms. The van der Waals surface area contributed by atoms with Crippen LogP contribution in [0, 0.1) is 0 Å². The minimum atomic E-state index is -0.226. The van der Waals surface area contributed by atoms with Crippen molar-refractivity contribution in [1.82, 2.24) is 25.4 Å². The highest BCUT2D eigenvalue weighted by Crippen LogP contribution is 1.93. The number of aryl methyl sites for hydroxylation is 1. The van der Waals surface area contributed by atoms with Crippen molar-refractivity contribution in [2.45, 2.75) is 45.7 Å². The van der Waals surface area contributed by atoms with Crippen LogP contribution in [0.3, 0.4) is 0 Å². The number of aromatic nitrogens is 3. The fourth-order valence-electron chi connectivity index (χ4n) is 1.54. The summed E-state index contributed by atoms with van der Waals surface area (Å²) in [7, 11) is 1.82. The number of carbonyl (C=O) groups is 1. The number of carbonyl (C=O) groups excluding carboxylic acids is 1. The highest BCUT2D eigenvalue weighted by atomic mass is 16.2. The third-order valence-corrected chi connectivity index (χ3v) is 2.69. The van der Waals surface area contributed by atoms with Crippen LogP contribution < -0.4 is 10.6 Å². The molecule has 102 valence electrons. The number of hydrogen-bond donors (Lipinski definition) is 2. The summed E-state index contributed by atoms with van der Waals surface area (Å²) in [4.78, 5) is 15.8. The summed E-state index contributed by atoms with van der Waals surface area (Å²) in [5.74, 6) is 0.727. The second kappa shape index (κ2) is 7.81. The molecular formula is C12H23N5O. The van der Waals surface area contributed by atoms with Crippen molar-refractivity contribution in [2.24, 2.45) is 7.05 Å². The van der Waals surface area contributed by atoms with Crippen molar-refractivity contribution in [2.75, 3.05) is 6.54 Å². The van der Waals surface area contributed by atoms with Gasteiger partial charge in [0.15, 0.2) is 5.82 Å². The maximum atomic E-state index is 11.7. The second-order valence-corrected chi connectivity index (χ2v) is 4.44. The van der Waals surface area contributed by atoms with Crippen molar-refractivity contribution < 1.29 is 4.79 Å². The van der Waals surface area contributed by atoms with Crippen molar-refractivity contribution in [1.29, 1.82) is 0 Å². The number of unbranched alkanes of at least 4 members (excludes halogenated alkanes) is 2. The van der Waals surface area contributed by atoms with E-state index in [0.29, 0.717) is 12.4 Å². The number of rotatable bonds is 8. The lowest BCUT2D eigenvalue weighted by atomic mass is 10.2. The Bertz CT molecular complexity index is 363. The van der Waals surface area contributed by atoms with Crippen molar-refractivity contribution >= 4 is 5.91 Å². The van der Waals surface area contributed by atoms with Crippen LogP contribution in [0.1, 0.15) is 38.9 Å². The number of amides is 1. The van der Waals surface area contributed by atoms with Crippen LogP contribution in [0.2, 0.25) is 0 Å². The smallest absolute Gasteiger partial charge is 0.236 e. The monoisotopic (exact) mass is 253 g/mol. The Balaban J connectivity index is 2.19. The molecule has 2 N–H and O–H groups in total. The normalized spacial score (nSPS) is 12.4. The Morgan fingerprint density at radius 3 is 2.89 bits per heavy atom. The van der Waals surface area contributed by atoms with Crippen LogP contribution >= 0.6 is 0 Å². The lowest BCUT2D eigenvalue weighted by Gasteiger charge is -2.12. The van der Waals surface area contributed by atoms with Crippen LogP contribution in [0.15, 0.2) is 6.33 Å². The van der Waals surface area contributed by atoms with E-state index >= 15 is 0 Å². The number of nitrogens with one attached hydrogen (secondary N) is 2. The average Bonchev–Trinajstić information content (AvgIpc) is 2.77. The van der Waals surface area contributed by atoms with E-state index in [0.717, 1.165) is 25.8 Å². The van der Waals surface area contributed by atoms with Gasteiger partial charge in [-0.25, -0.2) is 4.98 Å². The summed E-state index contributed by atoms with van der Waals surface area (Å²) in [6, 6.07) is -0.226. The zero-order chi connectivity index (χ0) is 13.4. The fraction of sp³-hybridized carbons (Fsp3) is 0.750. The van der Waals surface area contributed by atoms with Gasteiger partial charge in [0.2, 0.25) is 5.91 Å². The molecular weight excluding hydrogens is 230 g/mol. The Hall–Kier alpha value is -1.43. The molecule has 0 saturated carbocycles. The maximum Gasteiger partial charge on any atom is 0.236 e. The molecule has 6 nitrogen and oxygen atoms in total. The standard InChI is InChI=1S/C12H23N5O/c1-4-5-6-7-13-12(18)10(2)14-8-11-15-9-17(3)16-11/h9-10,14H,4-8H2,1-3H3,(H,13,18). The molecule has 1 aromatic heterocycles. The highest BCUT2D eigenvalue weighted by Gasteiger charge is 2.12. The summed E-state index contributed by atoms with van der Waals surface area (Å²) in [6.07, 6.45) is 5.00. The predicted octanol–water partition coefficient (Wildman–Crippen LogP) is 0.600. The molecule has 1 aromatic rings. The SMILES string of the molecule is CCCCCNC(=O)C(C)NCc1ncn(C)n1. The maximum absolute atomic E-state index is 11.7. The van der Waals surface area contributed by atoms with Gasteiger partial charge in [-0.2, -0.15) is 5.10 Å². The average molecular weight is 253 g/mol. The molecule has 1 heterocycles. The van der Waals surface area contributed by atoms with E-state index in [1.807, 2.05) is 14.0 Å². The van der Waals surface area contributed by atoms with Gasteiger partial charge in [-0.05, 0) is 13.3 Å². The summed E-state index contributed by atoms with van der Waals surface area (Å²) >= 11 is 0. The molecule has 0 aliphatic rings. The topological polar surface area (TPSA) is 71.8 Å². The summed E-state index contributed by atoms with van der Waals surface area (Å²) < 4.78 is 1.65. The molecule has 0 bridgehead atoms. The molecule has 0 aliphatic carbocycles. The molecule has 1 unspecified atom stereocenters. The first kappa shape index (κ1) is 14.6. The molecule has 0 spiro atoms. The summed E-state index contributed by atoms with van der Waals surface area (Å²) in [5, 5.41) is 10.2. The van der Waals surface area contributed by atoms with E-state index < -0.39 is 0 Å². The Morgan fingerprint density at radius 1 is 1.50 bits per heavy atom. The minimum absolute atomic E-state index is 0.0297. The van der Waals surface area contributed by atoms with Gasteiger partial charge < -0.3 is 5.32 Å². The van der Waals surface area contributed by atoms with Gasteiger partial charge in [-0.1, -0.05) is 19.8 Å². The van der Waals surface area contributed by atoms with Gasteiger partial charge in [0.25, 0.3) is 0 Å². The zero-order valence-electron chi connectivity index (χ0n) is 11.4. The Kier molecular flexibility index (Phi) is 6.35. The molecule has 18 heavy (non-hydrogen) atoms. The van der Waals surface area contributed by atoms with E-state index in [-0.39, 0.29) is 11.9 Å². The highest BCUT2D eigenvalue weighted by molar-refractivity contribution is 5.81. The summed E-state index contributed by atoms with van der Waals surface area (Å²) in [5.41, 5.74) is 0. The van der Waals surface area contributed by atoms with E-state index in [9.17, 15) is 4.79 Å². The van der Waals surface area contributed by atoms with E-state index in [1.165, 1.54) is 0 Å². The van der Waals surface area contributed by atoms with E-state index in [4.69, 9.17) is 0 Å². The first-order valence-corrected chi connectivity index (χ1v) is 6.49. The summed E-state index contributed by atoms with van der Waals surface area (Å²) in [6.45, 7) is 5.24. The van der Waals surface area contributed by atoms with Crippen LogP contribution in [0.4, 0.5) is 0 Å². The molecule has 1 amide bonds. The number of nitrogens with zero attached hydrogens (tertiary/aromatic N) is 3.